The number of pyridine rings is 1. The summed E-state index contributed by atoms with van der Waals surface area (Å²) < 4.78 is 6.09. The van der Waals surface area contributed by atoms with Crippen molar-refractivity contribution in [1.82, 2.24) is 15.0 Å². The number of carbonyl (C=O) groups is 1. The Labute approximate surface area is 164 Å². The number of nitrogens with one attached hydrogen (secondary N) is 1. The van der Waals surface area contributed by atoms with Gasteiger partial charge < -0.3 is 10.1 Å². The maximum absolute atomic E-state index is 12.9. The minimum absolute atomic E-state index is 0.0164. The first kappa shape index (κ1) is 18.1. The Bertz CT molecular complexity index is 978. The van der Waals surface area contributed by atoms with E-state index < -0.39 is 0 Å². The van der Waals surface area contributed by atoms with Gasteiger partial charge in [0.15, 0.2) is 5.75 Å². The van der Waals surface area contributed by atoms with Crippen LogP contribution >= 0.6 is 0 Å². The number of benzene rings is 1. The van der Waals surface area contributed by atoms with E-state index in [0.717, 1.165) is 17.7 Å². The van der Waals surface area contributed by atoms with E-state index in [1.54, 1.807) is 24.7 Å². The van der Waals surface area contributed by atoms with Crippen LogP contribution < -0.4 is 10.1 Å². The summed E-state index contributed by atoms with van der Waals surface area (Å²) in [7, 11) is 0. The van der Waals surface area contributed by atoms with Gasteiger partial charge in [0.1, 0.15) is 5.82 Å². The first-order chi connectivity index (χ1) is 13.6. The Kier molecular flexibility index (Phi) is 4.77. The van der Waals surface area contributed by atoms with Crippen LogP contribution in [0.2, 0.25) is 0 Å². The summed E-state index contributed by atoms with van der Waals surface area (Å²) in [5.74, 6) is 1.18. The highest BCUT2D eigenvalue weighted by Crippen LogP contribution is 2.55. The minimum atomic E-state index is -0.356. The van der Waals surface area contributed by atoms with Gasteiger partial charge in [-0.05, 0) is 38.0 Å². The number of ether oxygens (including phenoxy) is 1. The van der Waals surface area contributed by atoms with Crippen LogP contribution in [0, 0.1) is 19.8 Å². The van der Waals surface area contributed by atoms with Crippen LogP contribution in [-0.4, -0.2) is 27.5 Å². The lowest BCUT2D eigenvalue weighted by Crippen LogP contribution is -2.26. The molecule has 142 valence electrons. The van der Waals surface area contributed by atoms with E-state index in [1.807, 2.05) is 38.1 Å². The quantitative estimate of drug-likeness (QED) is 0.715. The SMILES string of the molecule is Cc1ncc(OC[C@@]2(c3ccccc3)CC2C(=O)Nc2cccnc2)c(C)n1. The number of anilines is 1. The second kappa shape index (κ2) is 7.38. The molecule has 3 aromatic rings. The summed E-state index contributed by atoms with van der Waals surface area (Å²) in [6, 6.07) is 13.7. The molecule has 2 aromatic heterocycles. The maximum Gasteiger partial charge on any atom is 0.228 e. The molecule has 1 amide bonds. The standard InChI is InChI=1S/C22H22N4O2/c1-15-20(13-24-16(2)25-15)28-14-22(17-7-4-3-5-8-17)11-19(22)21(27)26-18-9-6-10-23-12-18/h3-10,12-13,19H,11,14H2,1-2H3,(H,26,27)/t19?,22-/m1/s1. The molecule has 2 atom stereocenters. The van der Waals surface area contributed by atoms with Crippen LogP contribution in [0.5, 0.6) is 5.75 Å². The van der Waals surface area contributed by atoms with E-state index in [2.05, 4.69) is 32.4 Å². The molecule has 0 saturated heterocycles. The monoisotopic (exact) mass is 374 g/mol. The van der Waals surface area contributed by atoms with Crippen molar-refractivity contribution in [3.8, 4) is 5.75 Å². The summed E-state index contributed by atoms with van der Waals surface area (Å²) in [5, 5.41) is 2.96. The number of aryl methyl sites for hydroxylation is 2. The molecule has 4 rings (SSSR count). The van der Waals surface area contributed by atoms with Crippen molar-refractivity contribution in [3.63, 3.8) is 0 Å². The number of aromatic nitrogens is 3. The average Bonchev–Trinajstić information content (AvgIpc) is 3.45. The smallest absolute Gasteiger partial charge is 0.228 e. The Morgan fingerprint density at radius 3 is 2.71 bits per heavy atom. The van der Waals surface area contributed by atoms with Gasteiger partial charge in [-0.25, -0.2) is 9.97 Å². The molecule has 0 aliphatic heterocycles. The predicted molar refractivity (Wildman–Crippen MR) is 106 cm³/mol. The lowest BCUT2D eigenvalue weighted by Gasteiger charge is -2.19. The molecule has 2 heterocycles. The number of hydrogen-bond acceptors (Lipinski definition) is 5. The van der Waals surface area contributed by atoms with E-state index in [4.69, 9.17) is 4.74 Å². The highest BCUT2D eigenvalue weighted by Gasteiger charge is 2.60. The normalized spacial score (nSPS) is 20.4. The fraction of sp³-hybridized carbons (Fsp3) is 0.273. The highest BCUT2D eigenvalue weighted by molar-refractivity contribution is 5.96. The highest BCUT2D eigenvalue weighted by atomic mass is 16.5. The van der Waals surface area contributed by atoms with Crippen LogP contribution in [0.4, 0.5) is 5.69 Å². The zero-order valence-electron chi connectivity index (χ0n) is 15.9. The summed E-state index contributed by atoms with van der Waals surface area (Å²) in [5.41, 5.74) is 2.25. The summed E-state index contributed by atoms with van der Waals surface area (Å²) in [4.78, 5) is 25.5. The summed E-state index contributed by atoms with van der Waals surface area (Å²) in [6.45, 7) is 4.15. The number of carbonyl (C=O) groups excluding carboxylic acids is 1. The molecule has 1 saturated carbocycles. The fourth-order valence-corrected chi connectivity index (χ4v) is 3.57. The minimum Gasteiger partial charge on any atom is -0.489 e. The Morgan fingerprint density at radius 2 is 2.00 bits per heavy atom. The zero-order chi connectivity index (χ0) is 19.6. The van der Waals surface area contributed by atoms with Crippen LogP contribution in [0.1, 0.15) is 23.5 Å². The van der Waals surface area contributed by atoms with Crippen molar-refractivity contribution < 1.29 is 9.53 Å². The van der Waals surface area contributed by atoms with E-state index in [9.17, 15) is 4.79 Å². The van der Waals surface area contributed by atoms with Crippen molar-refractivity contribution in [2.24, 2.45) is 5.92 Å². The molecule has 6 heteroatoms. The molecular formula is C22H22N4O2. The van der Waals surface area contributed by atoms with Gasteiger partial charge in [0, 0.05) is 11.6 Å². The van der Waals surface area contributed by atoms with Crippen molar-refractivity contribution in [1.29, 1.82) is 0 Å². The molecule has 0 spiro atoms. The van der Waals surface area contributed by atoms with E-state index in [0.29, 0.717) is 23.9 Å². The molecular weight excluding hydrogens is 352 g/mol. The predicted octanol–water partition coefficient (Wildman–Crippen LogP) is 3.46. The topological polar surface area (TPSA) is 77.0 Å². The largest absolute Gasteiger partial charge is 0.489 e. The molecule has 6 nitrogen and oxygen atoms in total. The zero-order valence-corrected chi connectivity index (χ0v) is 15.9. The van der Waals surface area contributed by atoms with E-state index >= 15 is 0 Å². The Morgan fingerprint density at radius 1 is 1.18 bits per heavy atom. The van der Waals surface area contributed by atoms with Gasteiger partial charge in [0.05, 0.1) is 36.3 Å². The number of hydrogen-bond donors (Lipinski definition) is 1. The van der Waals surface area contributed by atoms with Crippen LogP contribution in [0.15, 0.2) is 61.1 Å². The molecule has 28 heavy (non-hydrogen) atoms. The van der Waals surface area contributed by atoms with Gasteiger partial charge in [0.2, 0.25) is 5.91 Å². The molecule has 1 aliphatic carbocycles. The molecule has 0 radical (unpaired) electrons. The van der Waals surface area contributed by atoms with E-state index in [-0.39, 0.29) is 17.2 Å². The van der Waals surface area contributed by atoms with Crippen LogP contribution in [-0.2, 0) is 10.2 Å². The summed E-state index contributed by atoms with van der Waals surface area (Å²) in [6.07, 6.45) is 5.76. The number of rotatable bonds is 6. The Hall–Kier alpha value is -3.28. The first-order valence-corrected chi connectivity index (χ1v) is 9.28. The van der Waals surface area contributed by atoms with Crippen molar-refractivity contribution in [3.05, 3.63) is 78.1 Å². The number of amides is 1. The molecule has 1 fully saturated rings. The number of nitrogens with zero attached hydrogens (tertiary/aromatic N) is 3. The van der Waals surface area contributed by atoms with Crippen molar-refractivity contribution >= 4 is 11.6 Å². The third kappa shape index (κ3) is 3.58. The van der Waals surface area contributed by atoms with Crippen LogP contribution in [0.3, 0.4) is 0 Å². The lowest BCUT2D eigenvalue weighted by molar-refractivity contribution is -0.117. The van der Waals surface area contributed by atoms with Crippen molar-refractivity contribution in [2.75, 3.05) is 11.9 Å². The summed E-state index contributed by atoms with van der Waals surface area (Å²) >= 11 is 0. The van der Waals surface area contributed by atoms with Gasteiger partial charge in [-0.15, -0.1) is 0 Å². The third-order valence-electron chi connectivity index (χ3n) is 5.21. The second-order valence-corrected chi connectivity index (χ2v) is 7.17. The molecule has 1 unspecified atom stereocenters. The van der Waals surface area contributed by atoms with E-state index in [1.165, 1.54) is 0 Å². The molecule has 0 bridgehead atoms. The van der Waals surface area contributed by atoms with Gasteiger partial charge >= 0.3 is 0 Å². The van der Waals surface area contributed by atoms with Gasteiger partial charge in [-0.3, -0.25) is 9.78 Å². The molecule has 1 N–H and O–H groups in total. The van der Waals surface area contributed by atoms with Crippen molar-refractivity contribution in [2.45, 2.75) is 25.7 Å². The first-order valence-electron chi connectivity index (χ1n) is 9.28. The average molecular weight is 374 g/mol. The molecule has 1 aromatic carbocycles. The van der Waals surface area contributed by atoms with Crippen LogP contribution in [0.25, 0.3) is 0 Å². The lowest BCUT2D eigenvalue weighted by atomic mass is 9.93. The fourth-order valence-electron chi connectivity index (χ4n) is 3.57. The second-order valence-electron chi connectivity index (χ2n) is 7.17. The molecule has 1 aliphatic rings. The Balaban J connectivity index is 1.54. The maximum atomic E-state index is 12.9. The van der Waals surface area contributed by atoms with Gasteiger partial charge in [-0.1, -0.05) is 30.3 Å². The van der Waals surface area contributed by atoms with Gasteiger partial charge in [-0.2, -0.15) is 0 Å². The van der Waals surface area contributed by atoms with Gasteiger partial charge in [0.25, 0.3) is 0 Å². The third-order valence-corrected chi connectivity index (χ3v) is 5.21.